The third-order valence-corrected chi connectivity index (χ3v) is 4.57. The van der Waals surface area contributed by atoms with E-state index in [2.05, 4.69) is 4.98 Å². The summed E-state index contributed by atoms with van der Waals surface area (Å²) in [6, 6.07) is 0. The first-order chi connectivity index (χ1) is 11.1. The van der Waals surface area contributed by atoms with Crippen LogP contribution < -0.4 is 4.87 Å². The average Bonchev–Trinajstić information content (AvgIpc) is 2.82. The lowest BCUT2D eigenvalue weighted by Gasteiger charge is -2.24. The number of H-pyrrole nitrogens is 1. The Hall–Kier alpha value is -1.28. The molecule has 2 rings (SSSR count). The minimum atomic E-state index is -1.72. The molecule has 10 heteroatoms. The number of aryl methyl sites for hydroxylation is 1. The highest BCUT2D eigenvalue weighted by Gasteiger charge is 2.29. The largest absolute Gasteiger partial charge is 0.444 e. The fraction of sp³-hybridized carbons (Fsp3) is 0.357. The summed E-state index contributed by atoms with van der Waals surface area (Å²) in [7, 11) is 0. The van der Waals surface area contributed by atoms with Crippen LogP contribution in [0.1, 0.15) is 23.4 Å². The molecule has 1 aliphatic heterocycles. The molecule has 0 bridgehead atoms. The van der Waals surface area contributed by atoms with E-state index in [1.807, 2.05) is 0 Å². The molecular weight excluding hydrogens is 399 g/mol. The summed E-state index contributed by atoms with van der Waals surface area (Å²) < 4.78 is 3.15. The number of ketones is 1. The molecule has 1 atom stereocenters. The van der Waals surface area contributed by atoms with Crippen LogP contribution in [0.3, 0.4) is 0 Å². The number of Topliss-reactive ketones (excluding diaryl/α,β-unsaturated/α-hetero) is 1. The minimum Gasteiger partial charge on any atom is -0.444 e. The number of nitrogens with one attached hydrogen (secondary N) is 1. The Labute approximate surface area is 156 Å². The van der Waals surface area contributed by atoms with Crippen LogP contribution in [0.15, 0.2) is 28.8 Å². The number of ether oxygens (including phenoxy) is 1. The van der Waals surface area contributed by atoms with E-state index in [1.54, 1.807) is 13.0 Å². The Bertz CT molecular complexity index is 776. The van der Waals surface area contributed by atoms with Crippen molar-refractivity contribution in [3.05, 3.63) is 44.3 Å². The van der Waals surface area contributed by atoms with E-state index in [4.69, 9.17) is 39.5 Å². The molecule has 24 heavy (non-hydrogen) atoms. The van der Waals surface area contributed by atoms with E-state index in [0.717, 1.165) is 16.2 Å². The Balaban J connectivity index is 2.25. The van der Waals surface area contributed by atoms with Crippen LogP contribution in [0.5, 0.6) is 0 Å². The number of halogens is 3. The van der Waals surface area contributed by atoms with Gasteiger partial charge in [0.1, 0.15) is 6.61 Å². The number of amides is 1. The Morgan fingerprint density at radius 1 is 1.42 bits per heavy atom. The SMILES string of the molecule is CC(=O)C1=CN(C(=O)OCC(Cl)(Cl)Cl)C=CC1c1sc(=O)[nH]c1C. The Kier molecular flexibility index (Phi) is 5.80. The first-order valence-corrected chi connectivity index (χ1v) is 8.66. The van der Waals surface area contributed by atoms with Gasteiger partial charge in [-0.15, -0.1) is 0 Å². The lowest BCUT2D eigenvalue weighted by Crippen LogP contribution is -2.29. The highest BCUT2D eigenvalue weighted by atomic mass is 35.6. The second kappa shape index (κ2) is 7.31. The number of hydrogen-bond acceptors (Lipinski definition) is 5. The summed E-state index contributed by atoms with van der Waals surface area (Å²) in [5.41, 5.74) is 1.03. The molecule has 0 saturated carbocycles. The number of rotatable bonds is 3. The van der Waals surface area contributed by atoms with Crippen LogP contribution in [0.2, 0.25) is 0 Å². The zero-order valence-electron chi connectivity index (χ0n) is 12.6. The second-order valence-corrected chi connectivity index (χ2v) is 8.57. The molecule has 6 nitrogen and oxygen atoms in total. The maximum absolute atomic E-state index is 12.0. The van der Waals surface area contributed by atoms with Gasteiger partial charge in [-0.2, -0.15) is 0 Å². The van der Waals surface area contributed by atoms with Crippen LogP contribution >= 0.6 is 46.1 Å². The van der Waals surface area contributed by atoms with Gasteiger partial charge in [-0.05, 0) is 13.8 Å². The topological polar surface area (TPSA) is 79.5 Å². The van der Waals surface area contributed by atoms with Gasteiger partial charge in [0.2, 0.25) is 3.79 Å². The molecule has 1 aliphatic rings. The molecule has 0 spiro atoms. The smallest absolute Gasteiger partial charge is 0.418 e. The number of alkyl halides is 3. The summed E-state index contributed by atoms with van der Waals surface area (Å²) in [5.74, 6) is -0.646. The molecule has 1 aromatic heterocycles. The van der Waals surface area contributed by atoms with Crippen molar-refractivity contribution >= 4 is 58.0 Å². The van der Waals surface area contributed by atoms with Crippen LogP contribution in [0.25, 0.3) is 0 Å². The molecule has 0 radical (unpaired) electrons. The zero-order chi connectivity index (χ0) is 18.1. The predicted octanol–water partition coefficient (Wildman–Crippen LogP) is 3.64. The predicted molar refractivity (Wildman–Crippen MR) is 93.8 cm³/mol. The number of carbonyl (C=O) groups is 2. The molecule has 2 heterocycles. The number of hydrogen-bond donors (Lipinski definition) is 1. The summed E-state index contributed by atoms with van der Waals surface area (Å²) in [5, 5.41) is 0. The number of allylic oxidation sites excluding steroid dienone is 2. The normalized spacial score (nSPS) is 17.6. The lowest BCUT2D eigenvalue weighted by molar-refractivity contribution is -0.113. The van der Waals surface area contributed by atoms with E-state index in [9.17, 15) is 14.4 Å². The van der Waals surface area contributed by atoms with E-state index in [0.29, 0.717) is 16.1 Å². The number of carbonyl (C=O) groups excluding carboxylic acids is 2. The van der Waals surface area contributed by atoms with Crippen molar-refractivity contribution in [3.8, 4) is 0 Å². The molecule has 1 amide bonds. The third kappa shape index (κ3) is 4.63. The molecular formula is C14H13Cl3N2O4S. The Morgan fingerprint density at radius 2 is 2.08 bits per heavy atom. The van der Waals surface area contributed by atoms with E-state index < -0.39 is 22.4 Å². The van der Waals surface area contributed by atoms with Crippen molar-refractivity contribution in [3.63, 3.8) is 0 Å². The molecule has 130 valence electrons. The van der Waals surface area contributed by atoms with Gasteiger partial charge in [-0.1, -0.05) is 52.2 Å². The molecule has 0 aromatic carbocycles. The van der Waals surface area contributed by atoms with Crippen molar-refractivity contribution in [1.82, 2.24) is 9.88 Å². The first kappa shape index (κ1) is 19.1. The maximum atomic E-state index is 12.0. The highest BCUT2D eigenvalue weighted by Crippen LogP contribution is 2.34. The fourth-order valence-electron chi connectivity index (χ4n) is 2.14. The number of aromatic nitrogens is 1. The van der Waals surface area contributed by atoms with Gasteiger partial charge < -0.3 is 9.72 Å². The van der Waals surface area contributed by atoms with Gasteiger partial charge in [0, 0.05) is 34.5 Å². The standard InChI is InChI=1S/C14H13Cl3N2O4S/c1-7-11(24-12(21)18-7)9-3-4-19(5-10(9)8(2)20)13(22)23-6-14(15,16)17/h3-5,9H,6H2,1-2H3,(H,18,21). The third-order valence-electron chi connectivity index (χ3n) is 3.17. The molecule has 0 fully saturated rings. The van der Waals surface area contributed by atoms with Gasteiger partial charge in [0.15, 0.2) is 5.78 Å². The molecule has 1 unspecified atom stereocenters. The van der Waals surface area contributed by atoms with Crippen LogP contribution in [0.4, 0.5) is 4.79 Å². The second-order valence-electron chi connectivity index (χ2n) is 5.04. The summed E-state index contributed by atoms with van der Waals surface area (Å²) in [6.45, 7) is 2.71. The number of thiazole rings is 1. The van der Waals surface area contributed by atoms with Crippen molar-refractivity contribution in [1.29, 1.82) is 0 Å². The maximum Gasteiger partial charge on any atom is 0.418 e. The number of aromatic amines is 1. The molecule has 0 saturated heterocycles. The van der Waals surface area contributed by atoms with Gasteiger partial charge in [-0.25, -0.2) is 4.79 Å². The van der Waals surface area contributed by atoms with Gasteiger partial charge in [0.25, 0.3) is 0 Å². The van der Waals surface area contributed by atoms with Crippen molar-refractivity contribution in [2.75, 3.05) is 6.61 Å². The van der Waals surface area contributed by atoms with Gasteiger partial charge in [0.05, 0.1) is 0 Å². The summed E-state index contributed by atoms with van der Waals surface area (Å²) in [4.78, 5) is 39.7. The minimum absolute atomic E-state index is 0.205. The van der Waals surface area contributed by atoms with E-state index >= 15 is 0 Å². The van der Waals surface area contributed by atoms with Crippen molar-refractivity contribution in [2.24, 2.45) is 0 Å². The lowest BCUT2D eigenvalue weighted by atomic mass is 9.92. The molecule has 1 aromatic rings. The van der Waals surface area contributed by atoms with Crippen LogP contribution in [0, 0.1) is 6.92 Å². The van der Waals surface area contributed by atoms with Gasteiger partial charge >= 0.3 is 11.0 Å². The summed E-state index contributed by atoms with van der Waals surface area (Å²) >= 11 is 17.6. The summed E-state index contributed by atoms with van der Waals surface area (Å²) in [6.07, 6.45) is 3.66. The van der Waals surface area contributed by atoms with Gasteiger partial charge in [-0.3, -0.25) is 14.5 Å². The van der Waals surface area contributed by atoms with E-state index in [1.165, 1.54) is 19.3 Å². The first-order valence-electron chi connectivity index (χ1n) is 6.71. The van der Waals surface area contributed by atoms with Crippen LogP contribution in [-0.4, -0.2) is 32.2 Å². The average molecular weight is 412 g/mol. The number of nitrogens with zero attached hydrogens (tertiary/aromatic N) is 1. The fourth-order valence-corrected chi connectivity index (χ4v) is 3.24. The zero-order valence-corrected chi connectivity index (χ0v) is 15.7. The quantitative estimate of drug-likeness (QED) is 0.770. The monoisotopic (exact) mass is 410 g/mol. The van der Waals surface area contributed by atoms with Crippen LogP contribution in [-0.2, 0) is 9.53 Å². The highest BCUT2D eigenvalue weighted by molar-refractivity contribution is 7.09. The molecule has 1 N–H and O–H groups in total. The van der Waals surface area contributed by atoms with Crippen molar-refractivity contribution in [2.45, 2.75) is 23.6 Å². The van der Waals surface area contributed by atoms with Crippen molar-refractivity contribution < 1.29 is 14.3 Å². The van der Waals surface area contributed by atoms with E-state index in [-0.39, 0.29) is 10.7 Å². The molecule has 0 aliphatic carbocycles. The Morgan fingerprint density at radius 3 is 2.58 bits per heavy atom.